The molecule has 0 spiro atoms. The number of para-hydroxylation sites is 1. The average molecular weight is 392 g/mol. The minimum absolute atomic E-state index is 0.229. The first-order chi connectivity index (χ1) is 13.8. The first kappa shape index (κ1) is 16.9. The van der Waals surface area contributed by atoms with Crippen molar-refractivity contribution in [2.24, 2.45) is 0 Å². The molecule has 4 aromatic rings. The number of hydrogen-bond donors (Lipinski definition) is 0. The van der Waals surface area contributed by atoms with Crippen molar-refractivity contribution < 1.29 is 0 Å². The van der Waals surface area contributed by atoms with Crippen LogP contribution in [0.1, 0.15) is 0 Å². The summed E-state index contributed by atoms with van der Waals surface area (Å²) in [5.74, 6) is 1.84. The summed E-state index contributed by atoms with van der Waals surface area (Å²) in [4.78, 5) is 17.9. The predicted octanol–water partition coefficient (Wildman–Crippen LogP) is 3.19. The fourth-order valence-corrected chi connectivity index (χ4v) is 3.71. The zero-order chi connectivity index (χ0) is 18.9. The molecular weight excluding hydrogens is 374 g/mol. The van der Waals surface area contributed by atoms with Crippen LogP contribution in [0.4, 0.5) is 11.6 Å². The Labute approximate surface area is 167 Å². The number of hydrogen-bond acceptors (Lipinski definition) is 6. The summed E-state index contributed by atoms with van der Waals surface area (Å²) >= 11 is 6.27. The standard InChI is InChI=1S/C20H18ClN7/c21-20-24-18(27-12-10-26(11-13-27)17-8-4-5-9-22-17)16-14-23-28(19(16)25-20)15-6-2-1-3-7-15/h1-9,14H,10-13H2. The third-order valence-corrected chi connectivity index (χ3v) is 5.10. The summed E-state index contributed by atoms with van der Waals surface area (Å²) in [6.07, 6.45) is 3.65. The Bertz CT molecular complexity index is 1090. The summed E-state index contributed by atoms with van der Waals surface area (Å²) in [7, 11) is 0. The summed E-state index contributed by atoms with van der Waals surface area (Å²) < 4.78 is 1.80. The summed E-state index contributed by atoms with van der Waals surface area (Å²) in [5, 5.41) is 5.66. The van der Waals surface area contributed by atoms with E-state index in [0.29, 0.717) is 5.65 Å². The van der Waals surface area contributed by atoms with Gasteiger partial charge in [0.25, 0.3) is 0 Å². The lowest BCUT2D eigenvalue weighted by Gasteiger charge is -2.36. The van der Waals surface area contributed by atoms with Crippen LogP contribution >= 0.6 is 11.6 Å². The number of anilines is 2. The van der Waals surface area contributed by atoms with E-state index in [1.165, 1.54) is 0 Å². The van der Waals surface area contributed by atoms with Crippen LogP contribution in [0, 0.1) is 0 Å². The molecule has 0 saturated carbocycles. The van der Waals surface area contributed by atoms with E-state index < -0.39 is 0 Å². The molecule has 28 heavy (non-hydrogen) atoms. The number of fused-ring (bicyclic) bond motifs is 1. The Kier molecular flexibility index (Phi) is 4.29. The maximum atomic E-state index is 6.27. The van der Waals surface area contributed by atoms with Gasteiger partial charge in [-0.15, -0.1) is 0 Å². The van der Waals surface area contributed by atoms with Crippen LogP contribution in [0.3, 0.4) is 0 Å². The van der Waals surface area contributed by atoms with Crippen LogP contribution in [0.15, 0.2) is 60.9 Å². The predicted molar refractivity (Wildman–Crippen MR) is 110 cm³/mol. The maximum absolute atomic E-state index is 6.27. The molecule has 5 rings (SSSR count). The molecular formula is C20H18ClN7. The minimum Gasteiger partial charge on any atom is -0.353 e. The molecule has 8 heteroatoms. The number of rotatable bonds is 3. The normalized spacial score (nSPS) is 14.6. The van der Waals surface area contributed by atoms with E-state index in [-0.39, 0.29) is 5.28 Å². The van der Waals surface area contributed by atoms with Gasteiger partial charge in [0.05, 0.1) is 17.3 Å². The topological polar surface area (TPSA) is 63.0 Å². The number of piperazine rings is 1. The van der Waals surface area contributed by atoms with Gasteiger partial charge in [-0.2, -0.15) is 15.1 Å². The van der Waals surface area contributed by atoms with E-state index >= 15 is 0 Å². The largest absolute Gasteiger partial charge is 0.353 e. The van der Waals surface area contributed by atoms with E-state index in [1.807, 2.05) is 60.9 Å². The molecule has 1 saturated heterocycles. The number of nitrogens with zero attached hydrogens (tertiary/aromatic N) is 7. The van der Waals surface area contributed by atoms with Gasteiger partial charge in [-0.25, -0.2) is 9.67 Å². The quantitative estimate of drug-likeness (QED) is 0.500. The number of pyridine rings is 1. The second-order valence-corrected chi connectivity index (χ2v) is 6.95. The molecule has 1 aliphatic rings. The van der Waals surface area contributed by atoms with E-state index in [9.17, 15) is 0 Å². The summed E-state index contributed by atoms with van der Waals surface area (Å²) in [6, 6.07) is 15.9. The van der Waals surface area contributed by atoms with Crippen molar-refractivity contribution in [3.63, 3.8) is 0 Å². The van der Waals surface area contributed by atoms with Crippen molar-refractivity contribution in [3.8, 4) is 5.69 Å². The van der Waals surface area contributed by atoms with Gasteiger partial charge in [0.1, 0.15) is 11.6 Å². The number of aromatic nitrogens is 5. The second kappa shape index (κ2) is 7.09. The molecule has 0 atom stereocenters. The highest BCUT2D eigenvalue weighted by Gasteiger charge is 2.23. The third-order valence-electron chi connectivity index (χ3n) is 4.93. The van der Waals surface area contributed by atoms with Gasteiger partial charge in [0.15, 0.2) is 5.65 Å². The third kappa shape index (κ3) is 3.03. The maximum Gasteiger partial charge on any atom is 0.226 e. The minimum atomic E-state index is 0.229. The van der Waals surface area contributed by atoms with Crippen molar-refractivity contribution in [1.29, 1.82) is 0 Å². The summed E-state index contributed by atoms with van der Waals surface area (Å²) in [6.45, 7) is 3.39. The van der Waals surface area contributed by atoms with Crippen LogP contribution in [-0.4, -0.2) is 50.9 Å². The molecule has 140 valence electrons. The molecule has 4 heterocycles. The first-order valence-corrected chi connectivity index (χ1v) is 9.55. The van der Waals surface area contributed by atoms with Crippen LogP contribution in [0.2, 0.25) is 5.28 Å². The molecule has 1 aliphatic heterocycles. The second-order valence-electron chi connectivity index (χ2n) is 6.61. The van der Waals surface area contributed by atoms with Crippen molar-refractivity contribution >= 4 is 34.3 Å². The van der Waals surface area contributed by atoms with E-state index in [1.54, 1.807) is 4.68 Å². The lowest BCUT2D eigenvalue weighted by molar-refractivity contribution is 0.643. The fourth-order valence-electron chi connectivity index (χ4n) is 3.55. The SMILES string of the molecule is Clc1nc(N2CCN(c3ccccn3)CC2)c2cnn(-c3ccccc3)c2n1. The number of benzene rings is 1. The Morgan fingerprint density at radius 3 is 2.32 bits per heavy atom. The van der Waals surface area contributed by atoms with Gasteiger partial charge in [-0.05, 0) is 35.9 Å². The van der Waals surface area contributed by atoms with Crippen molar-refractivity contribution in [2.75, 3.05) is 36.0 Å². The first-order valence-electron chi connectivity index (χ1n) is 9.17. The Morgan fingerprint density at radius 2 is 1.57 bits per heavy atom. The van der Waals surface area contributed by atoms with E-state index in [4.69, 9.17) is 11.6 Å². The highest BCUT2D eigenvalue weighted by molar-refractivity contribution is 6.28. The molecule has 1 aromatic carbocycles. The van der Waals surface area contributed by atoms with Gasteiger partial charge < -0.3 is 9.80 Å². The lowest BCUT2D eigenvalue weighted by Crippen LogP contribution is -2.47. The summed E-state index contributed by atoms with van der Waals surface area (Å²) in [5.41, 5.74) is 1.66. The molecule has 0 bridgehead atoms. The van der Waals surface area contributed by atoms with Crippen molar-refractivity contribution in [2.45, 2.75) is 0 Å². The van der Waals surface area contributed by atoms with Gasteiger partial charge >= 0.3 is 0 Å². The zero-order valence-electron chi connectivity index (χ0n) is 15.1. The monoisotopic (exact) mass is 391 g/mol. The Balaban J connectivity index is 1.46. The van der Waals surface area contributed by atoms with Crippen molar-refractivity contribution in [3.05, 3.63) is 66.2 Å². The van der Waals surface area contributed by atoms with Crippen LogP contribution in [0.5, 0.6) is 0 Å². The molecule has 3 aromatic heterocycles. The van der Waals surface area contributed by atoms with Crippen LogP contribution in [-0.2, 0) is 0 Å². The smallest absolute Gasteiger partial charge is 0.226 e. The molecule has 7 nitrogen and oxygen atoms in total. The highest BCUT2D eigenvalue weighted by atomic mass is 35.5. The Morgan fingerprint density at radius 1 is 0.821 bits per heavy atom. The fraction of sp³-hybridized carbons (Fsp3) is 0.200. The van der Waals surface area contributed by atoms with Crippen LogP contribution in [0.25, 0.3) is 16.7 Å². The molecule has 0 amide bonds. The number of halogens is 1. The van der Waals surface area contributed by atoms with Gasteiger partial charge in [-0.3, -0.25) is 0 Å². The zero-order valence-corrected chi connectivity index (χ0v) is 15.9. The molecule has 0 N–H and O–H groups in total. The highest BCUT2D eigenvalue weighted by Crippen LogP contribution is 2.28. The van der Waals surface area contributed by atoms with E-state index in [0.717, 1.165) is 48.9 Å². The van der Waals surface area contributed by atoms with Crippen LogP contribution < -0.4 is 9.80 Å². The van der Waals surface area contributed by atoms with Gasteiger partial charge in [0.2, 0.25) is 5.28 Å². The van der Waals surface area contributed by atoms with Crippen molar-refractivity contribution in [1.82, 2.24) is 24.7 Å². The molecule has 0 unspecified atom stereocenters. The average Bonchev–Trinajstić information content (AvgIpc) is 3.18. The Hall–Kier alpha value is -3.19. The molecule has 0 aliphatic carbocycles. The van der Waals surface area contributed by atoms with Gasteiger partial charge in [-0.1, -0.05) is 24.3 Å². The molecule has 0 radical (unpaired) electrons. The lowest BCUT2D eigenvalue weighted by atomic mass is 10.2. The van der Waals surface area contributed by atoms with Gasteiger partial charge in [0, 0.05) is 32.4 Å². The molecule has 1 fully saturated rings. The van der Waals surface area contributed by atoms with E-state index in [2.05, 4.69) is 29.9 Å².